The number of aldehydes is 1. The molecule has 6 rings (SSSR count). The topological polar surface area (TPSA) is 273 Å². The van der Waals surface area contributed by atoms with Crippen molar-refractivity contribution in [1.82, 2.24) is 47.1 Å². The third-order valence-electron chi connectivity index (χ3n) is 14.5. The van der Waals surface area contributed by atoms with Crippen LogP contribution in [0.15, 0.2) is 60.8 Å². The maximum atomic E-state index is 14.8. The van der Waals surface area contributed by atoms with Crippen LogP contribution in [0.1, 0.15) is 108 Å². The van der Waals surface area contributed by atoms with Crippen molar-refractivity contribution in [2.75, 3.05) is 26.7 Å². The molecule has 3 aromatic rings. The molecular weight excluding hydrogens is 879 g/mol. The number of nitrogens with one attached hydrogen (secondary N) is 9. The first-order chi connectivity index (χ1) is 33.3. The lowest BCUT2D eigenvalue weighted by Gasteiger charge is -2.53. The van der Waals surface area contributed by atoms with Crippen LogP contribution in [0.2, 0.25) is 0 Å². The van der Waals surface area contributed by atoms with Gasteiger partial charge in [-0.15, -0.1) is 0 Å². The van der Waals surface area contributed by atoms with Crippen LogP contribution in [0, 0.1) is 16.7 Å². The van der Waals surface area contributed by atoms with Gasteiger partial charge >= 0.3 is 0 Å². The Morgan fingerprint density at radius 3 is 2.14 bits per heavy atom. The Morgan fingerprint density at radius 1 is 0.783 bits per heavy atom. The second kappa shape index (κ2) is 25.3. The lowest BCUT2D eigenvalue weighted by Crippen LogP contribution is -2.65. The quantitative estimate of drug-likeness (QED) is 0.0257. The van der Waals surface area contributed by atoms with E-state index in [0.717, 1.165) is 79.7 Å². The van der Waals surface area contributed by atoms with Crippen molar-refractivity contribution in [2.24, 2.45) is 17.1 Å². The zero-order valence-electron chi connectivity index (χ0n) is 40.2. The Hall–Kier alpha value is -6.30. The fraction of sp³-hybridized carbons (Fsp3) is 0.569. The zero-order chi connectivity index (χ0) is 49.3. The summed E-state index contributed by atoms with van der Waals surface area (Å²) in [5, 5.41) is 28.8. The largest absolute Gasteiger partial charge is 0.370 e. The maximum absolute atomic E-state index is 14.8. The van der Waals surface area contributed by atoms with Gasteiger partial charge in [-0.2, -0.15) is 0 Å². The highest BCUT2D eigenvalue weighted by Gasteiger charge is 2.54. The highest BCUT2D eigenvalue weighted by atomic mass is 16.2. The van der Waals surface area contributed by atoms with Crippen LogP contribution in [0.5, 0.6) is 0 Å². The molecule has 2 aliphatic carbocycles. The molecule has 1 saturated heterocycles. The van der Waals surface area contributed by atoms with E-state index in [1.54, 1.807) is 7.05 Å². The number of hydrogen-bond donors (Lipinski definition) is 10. The number of H-pyrrole nitrogens is 1. The molecule has 2 heterocycles. The average Bonchev–Trinajstić information content (AvgIpc) is 3.99. The van der Waals surface area contributed by atoms with E-state index >= 15 is 0 Å². The number of guanidine groups is 1. The van der Waals surface area contributed by atoms with Crippen molar-refractivity contribution < 1.29 is 33.6 Å². The molecule has 1 aromatic heterocycles. The lowest BCUT2D eigenvalue weighted by molar-refractivity contribution is -0.145. The Labute approximate surface area is 405 Å². The van der Waals surface area contributed by atoms with Gasteiger partial charge in [-0.3, -0.25) is 34.2 Å². The SMILES string of the molecule is CN[C@@H](CCCNC(=N)N)C(=O)NCCC[C@H](NC(=O)[C@H](Cc1ccccc1)NC(C)=O)C(=O)N1CCC[C@H]1C(=O)N[C@H](C(=O)N[C@H](C=O)Cc1c[nH]c2ccccc12)C1(C2CCCCC2)CCC1. The molecule has 6 amide bonds. The molecule has 18 nitrogen and oxygen atoms in total. The molecule has 0 spiro atoms. The minimum Gasteiger partial charge on any atom is -0.370 e. The normalized spacial score (nSPS) is 18.9. The standard InChI is InChI=1S/C51H73N11O7/c1-33(64)58-42(29-34-15-5-3-6-16-34)46(66)60-41(22-12-26-55-45(65)40(54-2)21-11-27-56-50(52)53)49(69)62-28-13-23-43(62)47(67)61-44(51(24-14-25-51)36-17-7-4-8-18-36)48(68)59-37(32-63)30-35-31-57-39-20-10-9-19-38(35)39/h3,5-6,9-10,15-16,19-20,31-32,36-37,40-44,54,57H,4,7-8,11-14,17-18,21-30H2,1-2H3,(H,55,65)(H,58,64)(H,59,68)(H,60,66)(H,61,67)(H4,52,53,56)/t37-,40-,41-,42-,43-,44+/m0/s1. The molecule has 11 N–H and O–H groups in total. The van der Waals surface area contributed by atoms with Crippen LogP contribution in [-0.4, -0.2) is 121 Å². The Balaban J connectivity index is 1.20. The number of fused-ring (bicyclic) bond motifs is 1. The molecule has 1 aliphatic heterocycles. The van der Waals surface area contributed by atoms with Gasteiger partial charge in [-0.1, -0.05) is 74.2 Å². The fourth-order valence-electron chi connectivity index (χ4n) is 10.8. The Kier molecular flexibility index (Phi) is 19.1. The van der Waals surface area contributed by atoms with Crippen molar-refractivity contribution in [3.8, 4) is 0 Å². The first kappa shape index (κ1) is 52.1. The number of likely N-dealkylation sites (tertiary alicyclic amines) is 1. The smallest absolute Gasteiger partial charge is 0.245 e. The van der Waals surface area contributed by atoms with Crippen LogP contribution in [-0.2, 0) is 46.4 Å². The van der Waals surface area contributed by atoms with E-state index in [-0.39, 0.29) is 50.1 Å². The molecule has 69 heavy (non-hydrogen) atoms. The van der Waals surface area contributed by atoms with Crippen molar-refractivity contribution >= 4 is 58.6 Å². The number of likely N-dealkylation sites (N-methyl/N-ethyl adjacent to an activating group) is 1. The van der Waals surface area contributed by atoms with Crippen LogP contribution in [0.25, 0.3) is 10.9 Å². The number of nitrogens with zero attached hydrogens (tertiary/aromatic N) is 1. The maximum Gasteiger partial charge on any atom is 0.245 e. The van der Waals surface area contributed by atoms with E-state index in [9.17, 15) is 33.6 Å². The molecule has 0 bridgehead atoms. The minimum absolute atomic E-state index is 0.111. The van der Waals surface area contributed by atoms with Gasteiger partial charge in [0.1, 0.15) is 30.5 Å². The molecule has 0 radical (unpaired) electrons. The van der Waals surface area contributed by atoms with E-state index in [2.05, 4.69) is 42.2 Å². The number of nitrogens with two attached hydrogens (primary N) is 1. The van der Waals surface area contributed by atoms with Crippen LogP contribution < -0.4 is 43.0 Å². The molecule has 18 heteroatoms. The summed E-state index contributed by atoms with van der Waals surface area (Å²) in [5.74, 6) is -2.53. The van der Waals surface area contributed by atoms with Crippen molar-refractivity contribution in [1.29, 1.82) is 5.41 Å². The summed E-state index contributed by atoms with van der Waals surface area (Å²) in [6, 6.07) is 11.6. The Morgan fingerprint density at radius 2 is 1.48 bits per heavy atom. The third-order valence-corrected chi connectivity index (χ3v) is 14.5. The second-order valence-corrected chi connectivity index (χ2v) is 19.1. The third kappa shape index (κ3) is 13.9. The van der Waals surface area contributed by atoms with Gasteiger partial charge in [0, 0.05) is 61.9 Å². The van der Waals surface area contributed by atoms with Crippen LogP contribution >= 0.6 is 0 Å². The molecule has 0 unspecified atom stereocenters. The molecule has 2 saturated carbocycles. The summed E-state index contributed by atoms with van der Waals surface area (Å²) >= 11 is 0. The molecule has 2 aromatic carbocycles. The first-order valence-corrected chi connectivity index (χ1v) is 24.9. The summed E-state index contributed by atoms with van der Waals surface area (Å²) < 4.78 is 0. The lowest BCUT2D eigenvalue weighted by atomic mass is 9.54. The Bertz CT molecular complexity index is 2240. The summed E-state index contributed by atoms with van der Waals surface area (Å²) in [5.41, 5.74) is 7.49. The molecule has 6 atom stereocenters. The van der Waals surface area contributed by atoms with Gasteiger partial charge in [0.15, 0.2) is 5.96 Å². The average molecular weight is 952 g/mol. The fourth-order valence-corrected chi connectivity index (χ4v) is 10.8. The number of benzene rings is 2. The number of carbonyl (C=O) groups excluding carboxylic acids is 7. The number of rotatable bonds is 25. The monoisotopic (exact) mass is 952 g/mol. The summed E-state index contributed by atoms with van der Waals surface area (Å²) in [4.78, 5) is 101. The van der Waals surface area contributed by atoms with E-state index in [0.29, 0.717) is 38.6 Å². The summed E-state index contributed by atoms with van der Waals surface area (Å²) in [7, 11) is 1.68. The van der Waals surface area contributed by atoms with Crippen LogP contribution in [0.3, 0.4) is 0 Å². The van der Waals surface area contributed by atoms with Crippen LogP contribution in [0.4, 0.5) is 0 Å². The van der Waals surface area contributed by atoms with Gasteiger partial charge < -0.3 is 57.6 Å². The van der Waals surface area contributed by atoms with E-state index in [4.69, 9.17) is 11.1 Å². The number of para-hydroxylation sites is 1. The van der Waals surface area contributed by atoms with Gasteiger partial charge in [0.05, 0.1) is 12.1 Å². The van der Waals surface area contributed by atoms with E-state index < -0.39 is 71.2 Å². The highest BCUT2D eigenvalue weighted by molar-refractivity contribution is 5.96. The number of aromatic nitrogens is 1. The predicted molar refractivity (Wildman–Crippen MR) is 263 cm³/mol. The number of carbonyl (C=O) groups is 7. The van der Waals surface area contributed by atoms with E-state index in [1.165, 1.54) is 11.8 Å². The predicted octanol–water partition coefficient (Wildman–Crippen LogP) is 2.60. The first-order valence-electron chi connectivity index (χ1n) is 24.9. The molecule has 3 fully saturated rings. The molecule has 374 valence electrons. The van der Waals surface area contributed by atoms with E-state index in [1.807, 2.05) is 60.8 Å². The summed E-state index contributed by atoms with van der Waals surface area (Å²) in [6.07, 6.45) is 12.9. The van der Waals surface area contributed by atoms with Crippen molar-refractivity contribution in [3.05, 3.63) is 71.9 Å². The van der Waals surface area contributed by atoms with Gasteiger partial charge in [-0.05, 0) is 94.4 Å². The molecule has 3 aliphatic rings. The molecular formula is C51H73N11O7. The second-order valence-electron chi connectivity index (χ2n) is 19.1. The zero-order valence-corrected chi connectivity index (χ0v) is 40.2. The van der Waals surface area contributed by atoms with Gasteiger partial charge in [0.25, 0.3) is 0 Å². The van der Waals surface area contributed by atoms with Crippen molar-refractivity contribution in [2.45, 2.75) is 146 Å². The summed E-state index contributed by atoms with van der Waals surface area (Å²) in [6.45, 7) is 2.18. The number of amides is 6. The van der Waals surface area contributed by atoms with Crippen molar-refractivity contribution in [3.63, 3.8) is 0 Å². The number of aromatic amines is 1. The highest BCUT2D eigenvalue weighted by Crippen LogP contribution is 2.54. The number of hydrogen-bond acceptors (Lipinski definition) is 9. The van der Waals surface area contributed by atoms with Gasteiger partial charge in [-0.25, -0.2) is 0 Å². The van der Waals surface area contributed by atoms with Gasteiger partial charge in [0.2, 0.25) is 35.4 Å². The minimum atomic E-state index is -1.12.